The monoisotopic (exact) mass is 244 g/mol. The number of aryl methyl sites for hydroxylation is 1. The van der Waals surface area contributed by atoms with E-state index in [0.717, 1.165) is 30.0 Å². The molecule has 96 valence electrons. The molecule has 1 aromatic carbocycles. The van der Waals surface area contributed by atoms with Gasteiger partial charge in [-0.05, 0) is 19.9 Å². The van der Waals surface area contributed by atoms with Gasteiger partial charge >= 0.3 is 0 Å². The molecule has 0 spiro atoms. The molecule has 2 aromatic rings. The number of aromatic nitrogens is 3. The number of benzene rings is 1. The minimum Gasteiger partial charge on any atom is -0.311 e. The van der Waals surface area contributed by atoms with Crippen molar-refractivity contribution in [3.8, 4) is 11.3 Å². The molecule has 0 saturated heterocycles. The van der Waals surface area contributed by atoms with Crippen LogP contribution in [-0.4, -0.2) is 22.0 Å². The second kappa shape index (κ2) is 6.31. The normalized spacial score (nSPS) is 10.8. The van der Waals surface area contributed by atoms with Gasteiger partial charge in [-0.15, -0.1) is 0 Å². The van der Waals surface area contributed by atoms with Crippen molar-refractivity contribution in [3.63, 3.8) is 0 Å². The Bertz CT molecular complexity index is 473. The van der Waals surface area contributed by atoms with Crippen molar-refractivity contribution in [1.82, 2.24) is 20.7 Å². The zero-order chi connectivity index (χ0) is 12.8. The van der Waals surface area contributed by atoms with Crippen molar-refractivity contribution in [2.75, 3.05) is 6.54 Å². The van der Waals surface area contributed by atoms with Crippen LogP contribution in [0.3, 0.4) is 0 Å². The zero-order valence-electron chi connectivity index (χ0n) is 11.0. The number of hydrogen-bond acceptors (Lipinski definition) is 3. The first-order chi connectivity index (χ1) is 8.81. The zero-order valence-corrected chi connectivity index (χ0v) is 11.0. The van der Waals surface area contributed by atoms with Crippen LogP contribution in [0.15, 0.2) is 24.3 Å². The Kier molecular flexibility index (Phi) is 4.47. The summed E-state index contributed by atoms with van der Waals surface area (Å²) in [6, 6.07) is 8.36. The maximum absolute atomic E-state index is 4.24. The maximum atomic E-state index is 4.24. The van der Waals surface area contributed by atoms with Gasteiger partial charge in [0.1, 0.15) is 11.4 Å². The van der Waals surface area contributed by atoms with E-state index in [-0.39, 0.29) is 0 Å². The summed E-state index contributed by atoms with van der Waals surface area (Å²) in [5.74, 6) is 0. The lowest BCUT2D eigenvalue weighted by molar-refractivity contribution is 0.632. The largest absolute Gasteiger partial charge is 0.311 e. The number of H-pyrrole nitrogens is 1. The van der Waals surface area contributed by atoms with Gasteiger partial charge < -0.3 is 5.32 Å². The number of hydrogen-bond donors (Lipinski definition) is 2. The molecule has 4 heteroatoms. The van der Waals surface area contributed by atoms with Gasteiger partial charge in [-0.1, -0.05) is 43.2 Å². The van der Waals surface area contributed by atoms with Crippen molar-refractivity contribution in [3.05, 3.63) is 35.5 Å². The van der Waals surface area contributed by atoms with E-state index in [1.54, 1.807) is 0 Å². The molecular weight excluding hydrogens is 224 g/mol. The van der Waals surface area contributed by atoms with E-state index in [1.807, 2.05) is 0 Å². The highest BCUT2D eigenvalue weighted by molar-refractivity contribution is 5.61. The first kappa shape index (κ1) is 12.8. The lowest BCUT2D eigenvalue weighted by Gasteiger charge is -2.03. The average molecular weight is 244 g/mol. The van der Waals surface area contributed by atoms with Gasteiger partial charge in [0.2, 0.25) is 0 Å². The van der Waals surface area contributed by atoms with Gasteiger partial charge in [0.05, 0.1) is 0 Å². The Labute approximate surface area is 108 Å². The van der Waals surface area contributed by atoms with Crippen molar-refractivity contribution >= 4 is 0 Å². The Hall–Kier alpha value is -1.68. The molecule has 0 fully saturated rings. The van der Waals surface area contributed by atoms with Crippen molar-refractivity contribution < 1.29 is 0 Å². The van der Waals surface area contributed by atoms with Crippen molar-refractivity contribution in [2.45, 2.75) is 33.2 Å². The van der Waals surface area contributed by atoms with Crippen LogP contribution in [0.5, 0.6) is 0 Å². The summed E-state index contributed by atoms with van der Waals surface area (Å²) in [5.41, 5.74) is 4.29. The van der Waals surface area contributed by atoms with Crippen LogP contribution < -0.4 is 5.32 Å². The first-order valence-corrected chi connectivity index (χ1v) is 6.48. The topological polar surface area (TPSA) is 53.6 Å². The summed E-state index contributed by atoms with van der Waals surface area (Å²) in [6.07, 6.45) is 2.40. The number of nitrogens with one attached hydrogen (secondary N) is 2. The van der Waals surface area contributed by atoms with Gasteiger partial charge in [-0.3, -0.25) is 0 Å². The summed E-state index contributed by atoms with van der Waals surface area (Å²) >= 11 is 0. The standard InChI is InChI=1S/C14H20N4/c1-3-4-9-15-10-13-14(17-18-16-13)12-7-5-11(2)6-8-12/h5-8,15H,3-4,9-10H2,1-2H3,(H,16,17,18). The van der Waals surface area contributed by atoms with Crippen LogP contribution in [0.1, 0.15) is 31.0 Å². The minimum absolute atomic E-state index is 0.764. The van der Waals surface area contributed by atoms with Crippen LogP contribution in [0.4, 0.5) is 0 Å². The molecule has 2 N–H and O–H groups in total. The van der Waals surface area contributed by atoms with Gasteiger partial charge in [-0.2, -0.15) is 15.4 Å². The van der Waals surface area contributed by atoms with Crippen LogP contribution in [0.2, 0.25) is 0 Å². The Balaban J connectivity index is 2.05. The first-order valence-electron chi connectivity index (χ1n) is 6.48. The van der Waals surface area contributed by atoms with Gasteiger partial charge in [-0.25, -0.2) is 0 Å². The molecule has 0 atom stereocenters. The van der Waals surface area contributed by atoms with Crippen molar-refractivity contribution in [2.24, 2.45) is 0 Å². The van der Waals surface area contributed by atoms with Crippen LogP contribution in [0, 0.1) is 6.92 Å². The fourth-order valence-corrected chi connectivity index (χ4v) is 1.83. The molecule has 0 aliphatic carbocycles. The van der Waals surface area contributed by atoms with E-state index in [4.69, 9.17) is 0 Å². The van der Waals surface area contributed by atoms with E-state index in [0.29, 0.717) is 0 Å². The van der Waals surface area contributed by atoms with E-state index >= 15 is 0 Å². The molecule has 0 radical (unpaired) electrons. The highest BCUT2D eigenvalue weighted by Crippen LogP contribution is 2.19. The summed E-state index contributed by atoms with van der Waals surface area (Å²) in [5, 5.41) is 14.6. The fraction of sp³-hybridized carbons (Fsp3) is 0.429. The Morgan fingerprint density at radius 2 is 1.94 bits per heavy atom. The predicted molar refractivity (Wildman–Crippen MR) is 73.2 cm³/mol. The van der Waals surface area contributed by atoms with E-state index in [9.17, 15) is 0 Å². The summed E-state index contributed by atoms with van der Waals surface area (Å²) < 4.78 is 0. The quantitative estimate of drug-likeness (QED) is 0.768. The highest BCUT2D eigenvalue weighted by Gasteiger charge is 2.09. The highest BCUT2D eigenvalue weighted by atomic mass is 15.3. The molecule has 0 saturated carbocycles. The van der Waals surface area contributed by atoms with Gasteiger partial charge in [0, 0.05) is 12.1 Å². The third-order valence-corrected chi connectivity index (χ3v) is 2.94. The van der Waals surface area contributed by atoms with E-state index < -0.39 is 0 Å². The molecule has 1 aromatic heterocycles. The summed E-state index contributed by atoms with van der Waals surface area (Å²) in [4.78, 5) is 0. The Morgan fingerprint density at radius 3 is 2.67 bits per heavy atom. The molecule has 18 heavy (non-hydrogen) atoms. The molecular formula is C14H20N4. The lowest BCUT2D eigenvalue weighted by atomic mass is 10.1. The molecule has 1 heterocycles. The molecule has 2 rings (SSSR count). The molecule has 0 amide bonds. The molecule has 4 nitrogen and oxygen atoms in total. The second-order valence-corrected chi connectivity index (χ2v) is 4.52. The van der Waals surface area contributed by atoms with E-state index in [1.165, 1.54) is 18.4 Å². The van der Waals surface area contributed by atoms with Crippen LogP contribution in [0.25, 0.3) is 11.3 Å². The van der Waals surface area contributed by atoms with Gasteiger partial charge in [0.25, 0.3) is 0 Å². The van der Waals surface area contributed by atoms with Crippen LogP contribution in [-0.2, 0) is 6.54 Å². The number of rotatable bonds is 6. The number of aromatic amines is 1. The number of nitrogens with zero attached hydrogens (tertiary/aromatic N) is 2. The third-order valence-electron chi connectivity index (χ3n) is 2.94. The Morgan fingerprint density at radius 1 is 1.17 bits per heavy atom. The molecule has 0 aliphatic rings. The molecule has 0 bridgehead atoms. The molecule has 0 aliphatic heterocycles. The minimum atomic E-state index is 0.764. The second-order valence-electron chi connectivity index (χ2n) is 4.52. The summed E-state index contributed by atoms with van der Waals surface area (Å²) in [7, 11) is 0. The van der Waals surface area contributed by atoms with E-state index in [2.05, 4.69) is 58.8 Å². The third kappa shape index (κ3) is 3.17. The number of unbranched alkanes of at least 4 members (excludes halogenated alkanes) is 1. The van der Waals surface area contributed by atoms with Gasteiger partial charge in [0.15, 0.2) is 0 Å². The predicted octanol–water partition coefficient (Wildman–Crippen LogP) is 2.67. The lowest BCUT2D eigenvalue weighted by Crippen LogP contribution is -2.15. The van der Waals surface area contributed by atoms with Crippen LogP contribution >= 0.6 is 0 Å². The molecule has 0 unspecified atom stereocenters. The smallest absolute Gasteiger partial charge is 0.117 e. The SMILES string of the molecule is CCCCNCc1n[nH]nc1-c1ccc(C)cc1. The fourth-order valence-electron chi connectivity index (χ4n) is 1.83. The maximum Gasteiger partial charge on any atom is 0.117 e. The van der Waals surface area contributed by atoms with Crippen molar-refractivity contribution in [1.29, 1.82) is 0 Å². The summed E-state index contributed by atoms with van der Waals surface area (Å²) in [6.45, 7) is 6.06. The average Bonchev–Trinajstić information content (AvgIpc) is 2.84.